The molecule has 0 aliphatic heterocycles. The van der Waals surface area contributed by atoms with Crippen LogP contribution >= 0.6 is 0 Å². The SMILES string of the molecule is CC1=CC[C@H]2[C@H]3[C@@H]1[C@]2(C)CC[C@H]3C(C)C.CC1=CC[C@H]2[C@H]3[C@@H]1[C@]2(C)CC[C@H]3C(C)C. The lowest BCUT2D eigenvalue weighted by atomic mass is 9.34. The van der Waals surface area contributed by atoms with Gasteiger partial charge >= 0.3 is 0 Å². The van der Waals surface area contributed by atoms with Crippen LogP contribution in [0.15, 0.2) is 23.3 Å². The molecule has 0 aromatic carbocycles. The third-order valence-electron chi connectivity index (χ3n) is 11.9. The zero-order chi connectivity index (χ0) is 21.6. The minimum absolute atomic E-state index is 0.703. The van der Waals surface area contributed by atoms with Gasteiger partial charge in [-0.25, -0.2) is 0 Å². The Hall–Kier alpha value is -0.520. The van der Waals surface area contributed by atoms with E-state index in [1.54, 1.807) is 11.1 Å². The van der Waals surface area contributed by atoms with Gasteiger partial charge in [0.15, 0.2) is 0 Å². The molecule has 10 atom stereocenters. The van der Waals surface area contributed by atoms with E-state index in [0.29, 0.717) is 10.8 Å². The van der Waals surface area contributed by atoms with E-state index in [9.17, 15) is 0 Å². The van der Waals surface area contributed by atoms with Gasteiger partial charge in [0.1, 0.15) is 0 Å². The fourth-order valence-corrected chi connectivity index (χ4v) is 10.5. The van der Waals surface area contributed by atoms with Crippen molar-refractivity contribution < 1.29 is 0 Å². The fourth-order valence-electron chi connectivity index (χ4n) is 10.5. The van der Waals surface area contributed by atoms with Crippen LogP contribution in [-0.4, -0.2) is 0 Å². The van der Waals surface area contributed by atoms with E-state index in [-0.39, 0.29) is 0 Å². The molecule has 0 radical (unpaired) electrons. The molecule has 8 rings (SSSR count). The lowest BCUT2D eigenvalue weighted by molar-refractivity contribution is -0.181. The second-order valence-corrected chi connectivity index (χ2v) is 13.6. The highest BCUT2D eigenvalue weighted by molar-refractivity contribution is 5.29. The Labute approximate surface area is 187 Å². The number of allylic oxidation sites excluding steroid dienone is 4. The van der Waals surface area contributed by atoms with E-state index in [4.69, 9.17) is 0 Å². The van der Waals surface area contributed by atoms with E-state index < -0.39 is 0 Å². The first-order valence-corrected chi connectivity index (χ1v) is 13.4. The minimum atomic E-state index is 0.703. The molecule has 8 aliphatic carbocycles. The van der Waals surface area contributed by atoms with Gasteiger partial charge in [-0.1, -0.05) is 64.8 Å². The Morgan fingerprint density at radius 2 is 1.07 bits per heavy atom. The zero-order valence-electron chi connectivity index (χ0n) is 21.2. The maximum atomic E-state index is 2.56. The van der Waals surface area contributed by atoms with Crippen molar-refractivity contribution in [1.29, 1.82) is 0 Å². The van der Waals surface area contributed by atoms with Gasteiger partial charge in [-0.2, -0.15) is 0 Å². The molecule has 0 aromatic heterocycles. The van der Waals surface area contributed by atoms with Crippen LogP contribution in [0.2, 0.25) is 0 Å². The third-order valence-corrected chi connectivity index (χ3v) is 11.9. The van der Waals surface area contributed by atoms with Crippen molar-refractivity contribution >= 4 is 0 Å². The zero-order valence-corrected chi connectivity index (χ0v) is 21.2. The standard InChI is InChI=1S/2C15H24/c2*1-9(2)11-7-8-15(4)12-6-5-10(3)14(15)13(11)12/h2*5,9,11-14H,6-8H2,1-4H3/t2*11-,12-,13-,14+,15+/m00/s1. The van der Waals surface area contributed by atoms with Crippen LogP contribution < -0.4 is 0 Å². The van der Waals surface area contributed by atoms with Crippen LogP contribution in [0.25, 0.3) is 0 Å². The summed E-state index contributed by atoms with van der Waals surface area (Å²) in [7, 11) is 0. The first-order chi connectivity index (χ1) is 14.1. The van der Waals surface area contributed by atoms with Gasteiger partial charge in [0, 0.05) is 0 Å². The largest absolute Gasteiger partial charge is 0.0850 e. The van der Waals surface area contributed by atoms with Gasteiger partial charge in [0.2, 0.25) is 0 Å². The van der Waals surface area contributed by atoms with E-state index in [2.05, 4.69) is 67.5 Å². The molecular weight excluding hydrogens is 360 g/mol. The number of fused-ring (bicyclic) bond motifs is 2. The second kappa shape index (κ2) is 6.99. The van der Waals surface area contributed by atoms with Crippen LogP contribution in [0.4, 0.5) is 0 Å². The summed E-state index contributed by atoms with van der Waals surface area (Å²) < 4.78 is 0. The molecule has 0 nitrogen and oxygen atoms in total. The van der Waals surface area contributed by atoms with Crippen LogP contribution in [0, 0.1) is 70.0 Å². The molecule has 8 aliphatic rings. The summed E-state index contributed by atoms with van der Waals surface area (Å²) >= 11 is 0. The molecule has 4 saturated carbocycles. The van der Waals surface area contributed by atoms with Gasteiger partial charge in [-0.3, -0.25) is 0 Å². The Morgan fingerprint density at radius 3 is 1.37 bits per heavy atom. The summed E-state index contributed by atoms with van der Waals surface area (Å²) in [5, 5.41) is 0. The Bertz CT molecular complexity index is 688. The smallest absolute Gasteiger partial charge is 0.0115 e. The molecule has 168 valence electrons. The Kier molecular flexibility index (Phi) is 4.97. The monoisotopic (exact) mass is 408 g/mol. The highest BCUT2D eigenvalue weighted by atomic mass is 14.7. The van der Waals surface area contributed by atoms with Gasteiger partial charge in [-0.15, -0.1) is 0 Å². The fraction of sp³-hybridized carbons (Fsp3) is 0.867. The van der Waals surface area contributed by atoms with Crippen molar-refractivity contribution in [2.24, 2.45) is 70.0 Å². The lowest BCUT2D eigenvalue weighted by Gasteiger charge is -2.70. The molecule has 0 aromatic rings. The van der Waals surface area contributed by atoms with Gasteiger partial charge in [0.05, 0.1) is 0 Å². The number of rotatable bonds is 2. The topological polar surface area (TPSA) is 0 Å². The van der Waals surface area contributed by atoms with Crippen molar-refractivity contribution in [1.82, 2.24) is 0 Å². The summed E-state index contributed by atoms with van der Waals surface area (Å²) in [6.07, 6.45) is 13.8. The average molecular weight is 409 g/mol. The summed E-state index contributed by atoms with van der Waals surface area (Å²) in [4.78, 5) is 0. The van der Waals surface area contributed by atoms with E-state index in [1.807, 2.05) is 0 Å². The second-order valence-electron chi connectivity index (χ2n) is 13.6. The predicted octanol–water partition coefficient (Wildman–Crippen LogP) is 8.54. The van der Waals surface area contributed by atoms with E-state index >= 15 is 0 Å². The number of hydrogen-bond acceptors (Lipinski definition) is 0. The number of hydrogen-bond donors (Lipinski definition) is 0. The molecule has 0 heteroatoms. The van der Waals surface area contributed by atoms with Gasteiger partial charge in [-0.05, 0) is 122 Å². The quantitative estimate of drug-likeness (QED) is 0.401. The van der Waals surface area contributed by atoms with Crippen LogP contribution in [0.1, 0.15) is 93.9 Å². The molecule has 30 heavy (non-hydrogen) atoms. The summed E-state index contributed by atoms with van der Waals surface area (Å²) in [6.45, 7) is 19.6. The van der Waals surface area contributed by atoms with E-state index in [0.717, 1.165) is 59.2 Å². The first kappa shape index (κ1) is 21.3. The third kappa shape index (κ3) is 2.64. The molecule has 0 N–H and O–H groups in total. The van der Waals surface area contributed by atoms with Crippen molar-refractivity contribution in [3.63, 3.8) is 0 Å². The van der Waals surface area contributed by atoms with Crippen LogP contribution in [-0.2, 0) is 0 Å². The molecular formula is C30H48. The maximum Gasteiger partial charge on any atom is -0.0115 e. The van der Waals surface area contributed by atoms with Gasteiger partial charge in [0.25, 0.3) is 0 Å². The Balaban J connectivity index is 0.000000128. The van der Waals surface area contributed by atoms with Crippen molar-refractivity contribution in [3.8, 4) is 0 Å². The van der Waals surface area contributed by atoms with Crippen molar-refractivity contribution in [2.45, 2.75) is 93.9 Å². The van der Waals surface area contributed by atoms with Crippen LogP contribution in [0.3, 0.4) is 0 Å². The van der Waals surface area contributed by atoms with Crippen LogP contribution in [0.5, 0.6) is 0 Å². The summed E-state index contributed by atoms with van der Waals surface area (Å²) in [6, 6.07) is 0. The lowest BCUT2D eigenvalue weighted by Crippen LogP contribution is -2.63. The predicted molar refractivity (Wildman–Crippen MR) is 129 cm³/mol. The van der Waals surface area contributed by atoms with Crippen molar-refractivity contribution in [2.75, 3.05) is 0 Å². The molecule has 0 unspecified atom stereocenters. The van der Waals surface area contributed by atoms with E-state index in [1.165, 1.54) is 38.5 Å². The summed E-state index contributed by atoms with van der Waals surface area (Å²) in [5.41, 5.74) is 4.84. The molecule has 8 bridgehead atoms. The molecule has 0 saturated heterocycles. The normalized spacial score (nSPS) is 52.5. The molecule has 0 heterocycles. The average Bonchev–Trinajstić information content (AvgIpc) is 2.68. The molecule has 0 amide bonds. The highest BCUT2D eigenvalue weighted by Gasteiger charge is 2.66. The highest BCUT2D eigenvalue weighted by Crippen LogP contribution is 2.72. The summed E-state index contributed by atoms with van der Waals surface area (Å²) in [5.74, 6) is 9.92. The molecule has 0 spiro atoms. The Morgan fingerprint density at radius 1 is 0.700 bits per heavy atom. The van der Waals surface area contributed by atoms with Gasteiger partial charge < -0.3 is 0 Å². The van der Waals surface area contributed by atoms with Crippen molar-refractivity contribution in [3.05, 3.63) is 23.3 Å². The maximum absolute atomic E-state index is 2.56. The first-order valence-electron chi connectivity index (χ1n) is 13.4. The molecule has 4 fully saturated rings. The minimum Gasteiger partial charge on any atom is -0.0850 e.